The third kappa shape index (κ3) is 3.37. The standard InChI is InChI=1S/C16H21N5O3/c1-9-8-10(2)21-16(17-9)19-13(20-21)15(23)24-11(3)14(22)18-12-6-4-5-7-12/h8,11-12H,4-7H2,1-3H3,(H,18,22)/t11-/m0/s1. The van der Waals surface area contributed by atoms with Crippen LogP contribution in [0.5, 0.6) is 0 Å². The number of aryl methyl sites for hydroxylation is 2. The Bertz CT molecular complexity index is 779. The summed E-state index contributed by atoms with van der Waals surface area (Å²) >= 11 is 0. The first-order valence-electron chi connectivity index (χ1n) is 8.16. The maximum Gasteiger partial charge on any atom is 0.379 e. The second kappa shape index (κ2) is 6.54. The highest BCUT2D eigenvalue weighted by Gasteiger charge is 2.25. The van der Waals surface area contributed by atoms with Crippen LogP contribution in [0.3, 0.4) is 0 Å². The number of carbonyl (C=O) groups is 2. The van der Waals surface area contributed by atoms with Crippen molar-refractivity contribution in [3.05, 3.63) is 23.3 Å². The quantitative estimate of drug-likeness (QED) is 0.849. The molecule has 0 spiro atoms. The van der Waals surface area contributed by atoms with E-state index in [-0.39, 0.29) is 17.8 Å². The monoisotopic (exact) mass is 331 g/mol. The second-order valence-corrected chi connectivity index (χ2v) is 6.22. The van der Waals surface area contributed by atoms with Crippen LogP contribution in [-0.2, 0) is 9.53 Å². The summed E-state index contributed by atoms with van der Waals surface area (Å²) in [6.07, 6.45) is 3.31. The molecule has 24 heavy (non-hydrogen) atoms. The topological polar surface area (TPSA) is 98.5 Å². The third-order valence-electron chi connectivity index (χ3n) is 4.16. The predicted octanol–water partition coefficient (Wildman–Crippen LogP) is 1.35. The Morgan fingerprint density at radius 1 is 1.29 bits per heavy atom. The van der Waals surface area contributed by atoms with Gasteiger partial charge in [0.05, 0.1) is 0 Å². The first-order valence-corrected chi connectivity index (χ1v) is 8.16. The molecular weight excluding hydrogens is 310 g/mol. The SMILES string of the molecule is Cc1cc(C)n2nc(C(=O)O[C@@H](C)C(=O)NC3CCCC3)nc2n1. The smallest absolute Gasteiger partial charge is 0.379 e. The van der Waals surface area contributed by atoms with E-state index in [1.54, 1.807) is 6.92 Å². The number of nitrogens with one attached hydrogen (secondary N) is 1. The largest absolute Gasteiger partial charge is 0.447 e. The van der Waals surface area contributed by atoms with Gasteiger partial charge >= 0.3 is 5.97 Å². The number of esters is 1. The fraction of sp³-hybridized carbons (Fsp3) is 0.562. The molecule has 128 valence electrons. The molecule has 0 bridgehead atoms. The predicted molar refractivity (Wildman–Crippen MR) is 85.5 cm³/mol. The first-order chi connectivity index (χ1) is 11.4. The minimum atomic E-state index is -0.888. The molecule has 2 aromatic rings. The van der Waals surface area contributed by atoms with E-state index in [4.69, 9.17) is 4.74 Å². The average molecular weight is 331 g/mol. The van der Waals surface area contributed by atoms with Gasteiger partial charge in [-0.1, -0.05) is 12.8 Å². The van der Waals surface area contributed by atoms with E-state index < -0.39 is 12.1 Å². The van der Waals surface area contributed by atoms with E-state index in [9.17, 15) is 9.59 Å². The van der Waals surface area contributed by atoms with Gasteiger partial charge in [0, 0.05) is 17.4 Å². The van der Waals surface area contributed by atoms with Crippen LogP contribution in [0.1, 0.15) is 54.6 Å². The van der Waals surface area contributed by atoms with Gasteiger partial charge in [-0.05, 0) is 39.7 Å². The highest BCUT2D eigenvalue weighted by Crippen LogP contribution is 2.17. The van der Waals surface area contributed by atoms with Crippen molar-refractivity contribution < 1.29 is 14.3 Å². The van der Waals surface area contributed by atoms with E-state index in [1.807, 2.05) is 19.9 Å². The van der Waals surface area contributed by atoms with E-state index in [0.29, 0.717) is 5.78 Å². The van der Waals surface area contributed by atoms with Gasteiger partial charge in [-0.3, -0.25) is 4.79 Å². The molecule has 1 aliphatic rings. The number of rotatable bonds is 4. The van der Waals surface area contributed by atoms with Gasteiger partial charge in [0.1, 0.15) is 0 Å². The van der Waals surface area contributed by atoms with Crippen molar-refractivity contribution >= 4 is 17.7 Å². The number of hydrogen-bond donors (Lipinski definition) is 1. The molecule has 1 atom stereocenters. The van der Waals surface area contributed by atoms with Crippen LogP contribution in [0.25, 0.3) is 5.78 Å². The summed E-state index contributed by atoms with van der Waals surface area (Å²) in [7, 11) is 0. The lowest BCUT2D eigenvalue weighted by molar-refractivity contribution is -0.129. The molecule has 2 aromatic heterocycles. The van der Waals surface area contributed by atoms with Gasteiger partial charge in [0.2, 0.25) is 0 Å². The summed E-state index contributed by atoms with van der Waals surface area (Å²) < 4.78 is 6.67. The highest BCUT2D eigenvalue weighted by molar-refractivity contribution is 5.89. The van der Waals surface area contributed by atoms with E-state index in [0.717, 1.165) is 37.1 Å². The molecule has 0 saturated heterocycles. The molecule has 1 amide bonds. The Morgan fingerprint density at radius 3 is 2.71 bits per heavy atom. The minimum absolute atomic E-state index is 0.100. The van der Waals surface area contributed by atoms with Crippen molar-refractivity contribution in [1.82, 2.24) is 24.9 Å². The van der Waals surface area contributed by atoms with Crippen molar-refractivity contribution in [2.75, 3.05) is 0 Å². The summed E-state index contributed by atoms with van der Waals surface area (Å²) in [5.41, 5.74) is 1.60. The molecule has 3 rings (SSSR count). The third-order valence-corrected chi connectivity index (χ3v) is 4.16. The van der Waals surface area contributed by atoms with Crippen molar-refractivity contribution in [2.24, 2.45) is 0 Å². The van der Waals surface area contributed by atoms with Crippen molar-refractivity contribution in [3.8, 4) is 0 Å². The average Bonchev–Trinajstić information content (AvgIpc) is 3.16. The summed E-state index contributed by atoms with van der Waals surface area (Å²) in [5.74, 6) is -0.782. The number of ether oxygens (including phenoxy) is 1. The molecule has 8 nitrogen and oxygen atoms in total. The molecule has 0 unspecified atom stereocenters. The van der Waals surface area contributed by atoms with Crippen molar-refractivity contribution in [2.45, 2.75) is 58.6 Å². The molecule has 0 radical (unpaired) electrons. The zero-order valence-corrected chi connectivity index (χ0v) is 14.1. The lowest BCUT2D eigenvalue weighted by atomic mass is 10.2. The van der Waals surface area contributed by atoms with E-state index in [1.165, 1.54) is 4.52 Å². The van der Waals surface area contributed by atoms with Crippen LogP contribution >= 0.6 is 0 Å². The molecule has 1 saturated carbocycles. The molecule has 8 heteroatoms. The zero-order chi connectivity index (χ0) is 17.3. The fourth-order valence-electron chi connectivity index (χ4n) is 2.91. The summed E-state index contributed by atoms with van der Waals surface area (Å²) in [5, 5.41) is 7.01. The molecular formula is C16H21N5O3. The van der Waals surface area contributed by atoms with Crippen LogP contribution in [0.2, 0.25) is 0 Å². The van der Waals surface area contributed by atoms with Gasteiger partial charge in [0.25, 0.3) is 17.5 Å². The number of amides is 1. The molecule has 0 aliphatic heterocycles. The van der Waals surface area contributed by atoms with E-state index >= 15 is 0 Å². The molecule has 1 N–H and O–H groups in total. The van der Waals surface area contributed by atoms with Crippen LogP contribution in [-0.4, -0.2) is 43.6 Å². The van der Waals surface area contributed by atoms with Gasteiger partial charge in [-0.2, -0.15) is 4.98 Å². The summed E-state index contributed by atoms with van der Waals surface area (Å²) in [6.45, 7) is 5.24. The number of fused-ring (bicyclic) bond motifs is 1. The van der Waals surface area contributed by atoms with Gasteiger partial charge < -0.3 is 10.1 Å². The lowest BCUT2D eigenvalue weighted by Gasteiger charge is -2.16. The number of hydrogen-bond acceptors (Lipinski definition) is 6. The Morgan fingerprint density at radius 2 is 2.00 bits per heavy atom. The lowest BCUT2D eigenvalue weighted by Crippen LogP contribution is -2.41. The maximum absolute atomic E-state index is 12.2. The van der Waals surface area contributed by atoms with Crippen molar-refractivity contribution in [3.63, 3.8) is 0 Å². The highest BCUT2D eigenvalue weighted by atomic mass is 16.5. The summed E-state index contributed by atoms with van der Waals surface area (Å²) in [4.78, 5) is 32.6. The van der Waals surface area contributed by atoms with Crippen LogP contribution < -0.4 is 5.32 Å². The van der Waals surface area contributed by atoms with Crippen LogP contribution in [0.4, 0.5) is 0 Å². The Kier molecular flexibility index (Phi) is 4.46. The second-order valence-electron chi connectivity index (χ2n) is 6.22. The normalized spacial score (nSPS) is 16.3. The van der Waals surface area contributed by atoms with Crippen LogP contribution in [0, 0.1) is 13.8 Å². The molecule has 1 aliphatic carbocycles. The number of nitrogens with zero attached hydrogens (tertiary/aromatic N) is 4. The number of aromatic nitrogens is 4. The fourth-order valence-corrected chi connectivity index (χ4v) is 2.91. The summed E-state index contributed by atoms with van der Waals surface area (Å²) in [6, 6.07) is 2.02. The number of carbonyl (C=O) groups excluding carboxylic acids is 2. The molecule has 1 fully saturated rings. The molecule has 0 aromatic carbocycles. The minimum Gasteiger partial charge on any atom is -0.447 e. The van der Waals surface area contributed by atoms with Crippen molar-refractivity contribution in [1.29, 1.82) is 0 Å². The Hall–Kier alpha value is -2.51. The van der Waals surface area contributed by atoms with E-state index in [2.05, 4.69) is 20.4 Å². The Balaban J connectivity index is 1.67. The van der Waals surface area contributed by atoms with Crippen LogP contribution in [0.15, 0.2) is 6.07 Å². The molecule has 2 heterocycles. The van der Waals surface area contributed by atoms with Gasteiger partial charge in [0.15, 0.2) is 6.10 Å². The van der Waals surface area contributed by atoms with Gasteiger partial charge in [-0.15, -0.1) is 5.10 Å². The zero-order valence-electron chi connectivity index (χ0n) is 14.1. The Labute approximate surface area is 139 Å². The van der Waals surface area contributed by atoms with Gasteiger partial charge in [-0.25, -0.2) is 14.3 Å². The maximum atomic E-state index is 12.2. The first kappa shape index (κ1) is 16.4.